The molecule has 0 saturated carbocycles. The van der Waals surface area contributed by atoms with Gasteiger partial charge in [-0.3, -0.25) is 0 Å². The maximum atomic E-state index is 12.2. The van der Waals surface area contributed by atoms with E-state index in [1.165, 1.54) is 35.8 Å². The molecule has 0 unspecified atom stereocenters. The van der Waals surface area contributed by atoms with Crippen LogP contribution in [0.2, 0.25) is 0 Å². The smallest absolute Gasteiger partial charge is 0.339 e. The molecule has 2 aromatic rings. The van der Waals surface area contributed by atoms with Crippen molar-refractivity contribution in [3.63, 3.8) is 0 Å². The number of hydrogen-bond donors (Lipinski definition) is 0. The Morgan fingerprint density at radius 1 is 0.714 bits per heavy atom. The van der Waals surface area contributed by atoms with Crippen LogP contribution >= 0.6 is 21.6 Å². The van der Waals surface area contributed by atoms with Crippen LogP contribution in [0.15, 0.2) is 34.1 Å². The van der Waals surface area contributed by atoms with Gasteiger partial charge in [0.15, 0.2) is 23.0 Å². The van der Waals surface area contributed by atoms with Crippen LogP contribution in [-0.4, -0.2) is 39.7 Å². The Bertz CT molecular complexity index is 882. The van der Waals surface area contributed by atoms with E-state index in [4.69, 9.17) is 28.4 Å². The highest BCUT2D eigenvalue weighted by atomic mass is 33.1. The van der Waals surface area contributed by atoms with Gasteiger partial charge in [0.05, 0.1) is 25.3 Å². The van der Waals surface area contributed by atoms with Crippen LogP contribution in [-0.2, 0) is 9.47 Å². The zero-order chi connectivity index (χ0) is 19.7. The van der Waals surface area contributed by atoms with E-state index in [0.29, 0.717) is 43.9 Å². The summed E-state index contributed by atoms with van der Waals surface area (Å²) in [5.41, 5.74) is 0.675. The van der Waals surface area contributed by atoms with E-state index in [1.807, 2.05) is 0 Å². The van der Waals surface area contributed by atoms with Gasteiger partial charge in [-0.1, -0.05) is 21.6 Å². The van der Waals surface area contributed by atoms with Gasteiger partial charge < -0.3 is 28.4 Å². The third-order valence-corrected chi connectivity index (χ3v) is 6.43. The molecule has 8 nitrogen and oxygen atoms in total. The first-order valence-corrected chi connectivity index (χ1v) is 10.1. The topological polar surface area (TPSA) is 89.5 Å². The Balaban J connectivity index is 1.66. The van der Waals surface area contributed by atoms with Crippen LogP contribution in [0.4, 0.5) is 0 Å². The molecule has 2 aliphatic rings. The number of esters is 2. The molecule has 10 heteroatoms. The molecule has 0 fully saturated rings. The van der Waals surface area contributed by atoms with Gasteiger partial charge in [-0.15, -0.1) is 0 Å². The van der Waals surface area contributed by atoms with Crippen molar-refractivity contribution in [3.05, 3.63) is 35.4 Å². The zero-order valence-electron chi connectivity index (χ0n) is 14.8. The van der Waals surface area contributed by atoms with Gasteiger partial charge in [0.1, 0.15) is 0 Å². The van der Waals surface area contributed by atoms with Gasteiger partial charge >= 0.3 is 11.9 Å². The third kappa shape index (κ3) is 3.40. The van der Waals surface area contributed by atoms with Crippen molar-refractivity contribution < 1.29 is 38.0 Å². The van der Waals surface area contributed by atoms with Crippen molar-refractivity contribution in [1.29, 1.82) is 0 Å². The van der Waals surface area contributed by atoms with Crippen LogP contribution in [0.25, 0.3) is 0 Å². The summed E-state index contributed by atoms with van der Waals surface area (Å²) >= 11 is 0. The van der Waals surface area contributed by atoms with Crippen molar-refractivity contribution in [1.82, 2.24) is 0 Å². The molecule has 0 atom stereocenters. The van der Waals surface area contributed by atoms with E-state index in [0.717, 1.165) is 0 Å². The molecule has 28 heavy (non-hydrogen) atoms. The van der Waals surface area contributed by atoms with Crippen LogP contribution < -0.4 is 18.9 Å². The highest BCUT2D eigenvalue weighted by Crippen LogP contribution is 2.48. The first kappa shape index (κ1) is 18.6. The lowest BCUT2D eigenvalue weighted by molar-refractivity contribution is 0.0587. The Labute approximate surface area is 167 Å². The second-order valence-electron chi connectivity index (χ2n) is 5.55. The molecule has 4 rings (SSSR count). The normalized spacial score (nSPS) is 13.4. The highest BCUT2D eigenvalue weighted by molar-refractivity contribution is 8.76. The average molecular weight is 422 g/mol. The molecular formula is C18H14O8S2. The lowest BCUT2D eigenvalue weighted by Gasteiger charge is -2.11. The van der Waals surface area contributed by atoms with Crippen molar-refractivity contribution in [3.8, 4) is 23.0 Å². The minimum atomic E-state index is -0.500. The standard InChI is InChI=1S/C18H14O8S2/c1-21-17(19)9-3-11-13(25-7-23-11)5-15(9)27-28-16-6-14-12(24-8-26-14)4-10(16)18(20)22-2/h3-6H,7-8H2,1-2H3. The summed E-state index contributed by atoms with van der Waals surface area (Å²) in [4.78, 5) is 25.5. The zero-order valence-corrected chi connectivity index (χ0v) is 16.4. The monoisotopic (exact) mass is 422 g/mol. The minimum absolute atomic E-state index is 0.0891. The van der Waals surface area contributed by atoms with E-state index in [9.17, 15) is 9.59 Å². The molecule has 0 aliphatic carbocycles. The summed E-state index contributed by atoms with van der Waals surface area (Å²) in [5.74, 6) is 1.03. The van der Waals surface area contributed by atoms with E-state index < -0.39 is 11.9 Å². The first-order valence-electron chi connectivity index (χ1n) is 7.99. The van der Waals surface area contributed by atoms with Gasteiger partial charge in [0.25, 0.3) is 0 Å². The van der Waals surface area contributed by atoms with E-state index in [1.54, 1.807) is 24.3 Å². The maximum absolute atomic E-state index is 12.2. The fourth-order valence-electron chi connectivity index (χ4n) is 2.61. The number of ether oxygens (including phenoxy) is 6. The van der Waals surface area contributed by atoms with Crippen LogP contribution in [0.3, 0.4) is 0 Å². The number of hydrogen-bond acceptors (Lipinski definition) is 10. The predicted octanol–water partition coefficient (Wildman–Crippen LogP) is 3.52. The Hall–Kier alpha value is -2.72. The summed E-state index contributed by atoms with van der Waals surface area (Å²) in [7, 11) is 5.16. The fraction of sp³-hybridized carbons (Fsp3) is 0.222. The summed E-state index contributed by atoms with van der Waals surface area (Å²) < 4.78 is 31.2. The van der Waals surface area contributed by atoms with Crippen molar-refractivity contribution >= 4 is 33.5 Å². The fourth-order valence-corrected chi connectivity index (χ4v) is 4.93. The number of rotatable bonds is 5. The molecule has 0 aromatic heterocycles. The quantitative estimate of drug-likeness (QED) is 0.527. The minimum Gasteiger partial charge on any atom is -0.465 e. The van der Waals surface area contributed by atoms with Crippen molar-refractivity contribution in [2.24, 2.45) is 0 Å². The third-order valence-electron chi connectivity index (χ3n) is 3.98. The summed E-state index contributed by atoms with van der Waals surface area (Å²) in [5, 5.41) is 0. The van der Waals surface area contributed by atoms with Gasteiger partial charge in [-0.05, 0) is 24.3 Å². The summed E-state index contributed by atoms with van der Waals surface area (Å²) in [6.45, 7) is 0.178. The molecular weight excluding hydrogens is 408 g/mol. The number of fused-ring (bicyclic) bond motifs is 2. The van der Waals surface area contributed by atoms with E-state index >= 15 is 0 Å². The van der Waals surface area contributed by atoms with Gasteiger partial charge in [-0.2, -0.15) is 0 Å². The molecule has 0 N–H and O–H groups in total. The molecule has 0 amide bonds. The van der Waals surface area contributed by atoms with Gasteiger partial charge in [0.2, 0.25) is 13.6 Å². The molecule has 2 heterocycles. The molecule has 2 aliphatic heterocycles. The van der Waals surface area contributed by atoms with Crippen molar-refractivity contribution in [2.45, 2.75) is 9.79 Å². The van der Waals surface area contributed by atoms with Crippen molar-refractivity contribution in [2.75, 3.05) is 27.8 Å². The molecule has 0 saturated heterocycles. The summed E-state index contributed by atoms with van der Waals surface area (Å²) in [6, 6.07) is 6.57. The van der Waals surface area contributed by atoms with Crippen LogP contribution in [0.5, 0.6) is 23.0 Å². The predicted molar refractivity (Wildman–Crippen MR) is 99.5 cm³/mol. The number of methoxy groups -OCH3 is 2. The lowest BCUT2D eigenvalue weighted by Crippen LogP contribution is -2.04. The first-order chi connectivity index (χ1) is 13.6. The Morgan fingerprint density at radius 3 is 1.43 bits per heavy atom. The SMILES string of the molecule is COC(=O)c1cc2c(cc1SSc1cc3c(cc1C(=O)OC)OCO3)OCO2. The largest absolute Gasteiger partial charge is 0.465 e. The van der Waals surface area contributed by atoms with Gasteiger partial charge in [0, 0.05) is 9.79 Å². The summed E-state index contributed by atoms with van der Waals surface area (Å²) in [6.07, 6.45) is 0. The molecule has 0 spiro atoms. The molecule has 0 bridgehead atoms. The number of carbonyl (C=O) groups is 2. The number of benzene rings is 2. The average Bonchev–Trinajstić information content (AvgIpc) is 3.37. The van der Waals surface area contributed by atoms with Gasteiger partial charge in [-0.25, -0.2) is 9.59 Å². The number of carbonyl (C=O) groups excluding carboxylic acids is 2. The molecule has 2 aromatic carbocycles. The second kappa shape index (κ2) is 7.72. The maximum Gasteiger partial charge on any atom is 0.339 e. The highest BCUT2D eigenvalue weighted by Gasteiger charge is 2.25. The lowest BCUT2D eigenvalue weighted by atomic mass is 10.2. The second-order valence-corrected chi connectivity index (χ2v) is 7.77. The molecule has 146 valence electrons. The van der Waals surface area contributed by atoms with Crippen LogP contribution in [0, 0.1) is 0 Å². The Kier molecular flexibility index (Phi) is 5.14. The van der Waals surface area contributed by atoms with Crippen LogP contribution in [0.1, 0.15) is 20.7 Å². The van der Waals surface area contributed by atoms with E-state index in [2.05, 4.69) is 0 Å². The molecule has 0 radical (unpaired) electrons. The Morgan fingerprint density at radius 2 is 1.07 bits per heavy atom. The van der Waals surface area contributed by atoms with E-state index in [-0.39, 0.29) is 13.6 Å².